The largest absolute Gasteiger partial charge is 0.385 e. The first-order valence-electron chi connectivity index (χ1n) is 7.39. The highest BCUT2D eigenvalue weighted by molar-refractivity contribution is 4.94. The van der Waals surface area contributed by atoms with E-state index in [0.717, 1.165) is 51.2 Å². The van der Waals surface area contributed by atoms with Gasteiger partial charge in [-0.3, -0.25) is 0 Å². The molecule has 0 aromatic carbocycles. The maximum Gasteiger partial charge on any atom is 0.124 e. The highest BCUT2D eigenvalue weighted by Gasteiger charge is 1.96. The zero-order chi connectivity index (χ0) is 14.8. The van der Waals surface area contributed by atoms with Gasteiger partial charge in [0.05, 0.1) is 5.69 Å². The van der Waals surface area contributed by atoms with Crippen LogP contribution in [0.25, 0.3) is 0 Å². The average Bonchev–Trinajstić information content (AvgIpc) is 2.99. The van der Waals surface area contributed by atoms with Gasteiger partial charge in [-0.1, -0.05) is 32.9 Å². The first-order valence-corrected chi connectivity index (χ1v) is 7.39. The normalized spacial score (nSPS) is 9.11. The molecule has 4 heteroatoms. The summed E-state index contributed by atoms with van der Waals surface area (Å²) in [4.78, 5) is 0. The average molecular weight is 273 g/mol. The minimum absolute atomic E-state index is 0.792. The smallest absolute Gasteiger partial charge is 0.124 e. The number of methoxy groups -OCH3 is 1. The Hall–Kier alpha value is -0.870. The van der Waals surface area contributed by atoms with Crippen molar-refractivity contribution in [3.8, 4) is 0 Å². The minimum atomic E-state index is 0.792. The minimum Gasteiger partial charge on any atom is -0.385 e. The van der Waals surface area contributed by atoms with Crippen LogP contribution in [0.5, 0.6) is 0 Å². The Balaban J connectivity index is 0. The second-order valence-corrected chi connectivity index (χ2v) is 3.41. The maximum atomic E-state index is 5.46. The Bertz CT molecular complexity index is 225. The number of hydrogen-bond acceptors (Lipinski definition) is 4. The van der Waals surface area contributed by atoms with Gasteiger partial charge < -0.3 is 14.0 Å². The van der Waals surface area contributed by atoms with Crippen molar-refractivity contribution >= 4 is 0 Å². The van der Waals surface area contributed by atoms with E-state index in [9.17, 15) is 0 Å². The fourth-order valence-corrected chi connectivity index (χ4v) is 1.27. The van der Waals surface area contributed by atoms with Crippen molar-refractivity contribution in [2.45, 2.75) is 53.4 Å². The summed E-state index contributed by atoms with van der Waals surface area (Å²) in [6.45, 7) is 10.4. The van der Waals surface area contributed by atoms with E-state index in [0.29, 0.717) is 0 Å². The van der Waals surface area contributed by atoms with Crippen molar-refractivity contribution in [1.82, 2.24) is 5.16 Å². The predicted octanol–water partition coefficient (Wildman–Crippen LogP) is 4.10. The molecular formula is C15H31NO3. The van der Waals surface area contributed by atoms with Gasteiger partial charge in [0.25, 0.3) is 0 Å². The third kappa shape index (κ3) is 15.1. The summed E-state index contributed by atoms with van der Waals surface area (Å²) in [5.74, 6) is 0. The molecule has 1 aromatic rings. The molecule has 0 saturated heterocycles. The first kappa shape index (κ1) is 20.4. The fraction of sp³-hybridized carbons (Fsp3) is 0.800. The number of unbranched alkanes of at least 4 members (excludes halogenated alkanes) is 1. The monoisotopic (exact) mass is 273 g/mol. The fourth-order valence-electron chi connectivity index (χ4n) is 1.27. The summed E-state index contributed by atoms with van der Waals surface area (Å²) in [5.41, 5.74) is 0.998. The molecule has 1 rings (SSSR count). The molecule has 0 aliphatic carbocycles. The molecule has 4 nitrogen and oxygen atoms in total. The van der Waals surface area contributed by atoms with Crippen LogP contribution in [-0.4, -0.2) is 32.1 Å². The van der Waals surface area contributed by atoms with Crippen LogP contribution in [0.1, 0.15) is 52.7 Å². The van der Waals surface area contributed by atoms with E-state index in [1.807, 2.05) is 33.8 Å². The third-order valence-electron chi connectivity index (χ3n) is 2.10. The summed E-state index contributed by atoms with van der Waals surface area (Å²) in [5, 5.41) is 3.83. The molecule has 0 N–H and O–H groups in total. The van der Waals surface area contributed by atoms with Gasteiger partial charge in [0.1, 0.15) is 6.26 Å². The Labute approximate surface area is 118 Å². The number of aromatic nitrogens is 1. The summed E-state index contributed by atoms with van der Waals surface area (Å²) in [6, 6.07) is 1.89. The van der Waals surface area contributed by atoms with E-state index in [-0.39, 0.29) is 0 Å². The van der Waals surface area contributed by atoms with Gasteiger partial charge in [0, 0.05) is 33.0 Å². The molecule has 0 atom stereocenters. The number of nitrogens with zero attached hydrogens (tertiary/aromatic N) is 1. The lowest BCUT2D eigenvalue weighted by atomic mass is 10.2. The van der Waals surface area contributed by atoms with Crippen molar-refractivity contribution < 1.29 is 14.0 Å². The Kier molecular flexibility index (Phi) is 21.0. The van der Waals surface area contributed by atoms with E-state index < -0.39 is 0 Å². The van der Waals surface area contributed by atoms with Crippen LogP contribution in [-0.2, 0) is 15.9 Å². The lowest BCUT2D eigenvalue weighted by Crippen LogP contribution is -2.00. The number of aryl methyl sites for hydroxylation is 1. The van der Waals surface area contributed by atoms with Crippen LogP contribution in [0.15, 0.2) is 16.9 Å². The Morgan fingerprint density at radius 3 is 2.21 bits per heavy atom. The molecule has 0 fully saturated rings. The highest BCUT2D eigenvalue weighted by atomic mass is 16.5. The van der Waals surface area contributed by atoms with Gasteiger partial charge >= 0.3 is 0 Å². The SMILES string of the molecule is CC.CC.COCCCCOCCCc1ccon1. The van der Waals surface area contributed by atoms with Crippen LogP contribution in [0.3, 0.4) is 0 Å². The Morgan fingerprint density at radius 2 is 1.63 bits per heavy atom. The van der Waals surface area contributed by atoms with E-state index in [1.165, 1.54) is 0 Å². The number of ether oxygens (including phenoxy) is 2. The van der Waals surface area contributed by atoms with Crippen LogP contribution in [0, 0.1) is 0 Å². The van der Waals surface area contributed by atoms with E-state index in [4.69, 9.17) is 14.0 Å². The molecule has 19 heavy (non-hydrogen) atoms. The molecule has 0 spiro atoms. The summed E-state index contributed by atoms with van der Waals surface area (Å²) >= 11 is 0. The highest BCUT2D eigenvalue weighted by Crippen LogP contribution is 1.99. The number of hydrogen-bond donors (Lipinski definition) is 0. The summed E-state index contributed by atoms with van der Waals surface area (Å²) < 4.78 is 15.1. The van der Waals surface area contributed by atoms with E-state index >= 15 is 0 Å². The van der Waals surface area contributed by atoms with Gasteiger partial charge in [-0.25, -0.2) is 0 Å². The molecular weight excluding hydrogens is 242 g/mol. The van der Waals surface area contributed by atoms with Gasteiger partial charge in [0.15, 0.2) is 0 Å². The molecule has 0 aliphatic rings. The number of rotatable bonds is 9. The first-order chi connectivity index (χ1) is 9.43. The van der Waals surface area contributed by atoms with Crippen LogP contribution < -0.4 is 0 Å². The van der Waals surface area contributed by atoms with E-state index in [2.05, 4.69) is 5.16 Å². The quantitative estimate of drug-likeness (QED) is 0.635. The van der Waals surface area contributed by atoms with Crippen LogP contribution in [0.4, 0.5) is 0 Å². The van der Waals surface area contributed by atoms with Crippen molar-refractivity contribution in [3.63, 3.8) is 0 Å². The van der Waals surface area contributed by atoms with Crippen LogP contribution in [0.2, 0.25) is 0 Å². The Morgan fingerprint density at radius 1 is 1.00 bits per heavy atom. The molecule has 0 aliphatic heterocycles. The lowest BCUT2D eigenvalue weighted by Gasteiger charge is -2.02. The van der Waals surface area contributed by atoms with Gasteiger partial charge in [-0.2, -0.15) is 0 Å². The summed E-state index contributed by atoms with van der Waals surface area (Å²) in [7, 11) is 1.72. The molecule has 0 radical (unpaired) electrons. The zero-order valence-corrected chi connectivity index (χ0v) is 13.3. The second kappa shape index (κ2) is 19.5. The maximum absolute atomic E-state index is 5.46. The molecule has 0 saturated carbocycles. The lowest BCUT2D eigenvalue weighted by molar-refractivity contribution is 0.117. The summed E-state index contributed by atoms with van der Waals surface area (Å²) in [6.07, 6.45) is 5.66. The molecule has 1 aromatic heterocycles. The van der Waals surface area contributed by atoms with Crippen molar-refractivity contribution in [2.24, 2.45) is 0 Å². The van der Waals surface area contributed by atoms with Gasteiger partial charge in [-0.05, 0) is 25.7 Å². The van der Waals surface area contributed by atoms with Crippen molar-refractivity contribution in [3.05, 3.63) is 18.0 Å². The molecule has 0 bridgehead atoms. The second-order valence-electron chi connectivity index (χ2n) is 3.41. The molecule has 0 unspecified atom stereocenters. The van der Waals surface area contributed by atoms with Crippen molar-refractivity contribution in [2.75, 3.05) is 26.9 Å². The predicted molar refractivity (Wildman–Crippen MR) is 79.4 cm³/mol. The van der Waals surface area contributed by atoms with Crippen LogP contribution >= 0.6 is 0 Å². The van der Waals surface area contributed by atoms with E-state index in [1.54, 1.807) is 13.4 Å². The molecule has 114 valence electrons. The standard InChI is InChI=1S/C11H19NO3.2C2H6/c1-13-7-2-3-8-14-9-4-5-11-6-10-15-12-11;2*1-2/h6,10H,2-5,7-9H2,1H3;2*1-2H3. The zero-order valence-electron chi connectivity index (χ0n) is 13.3. The molecule has 1 heterocycles. The third-order valence-corrected chi connectivity index (χ3v) is 2.10. The topological polar surface area (TPSA) is 44.5 Å². The van der Waals surface area contributed by atoms with Gasteiger partial charge in [-0.15, -0.1) is 0 Å². The molecule has 0 amide bonds. The van der Waals surface area contributed by atoms with Gasteiger partial charge in [0.2, 0.25) is 0 Å². The van der Waals surface area contributed by atoms with Crippen molar-refractivity contribution in [1.29, 1.82) is 0 Å².